The molecule has 33 heavy (non-hydrogen) atoms. The second-order valence-electron chi connectivity index (χ2n) is 8.16. The third-order valence-corrected chi connectivity index (χ3v) is 7.60. The van der Waals surface area contributed by atoms with Gasteiger partial charge in [-0.1, -0.05) is 85.3 Å². The molecule has 0 unspecified atom stereocenters. The molecule has 3 aromatic heterocycles. The van der Waals surface area contributed by atoms with Crippen molar-refractivity contribution in [3.8, 4) is 22.4 Å². The van der Waals surface area contributed by atoms with Crippen molar-refractivity contribution >= 4 is 43.5 Å². The van der Waals surface area contributed by atoms with E-state index in [1.165, 1.54) is 28.7 Å². The molecule has 0 saturated carbocycles. The van der Waals surface area contributed by atoms with E-state index in [0.717, 1.165) is 56.1 Å². The van der Waals surface area contributed by atoms with Gasteiger partial charge in [0.1, 0.15) is 9.53 Å². The van der Waals surface area contributed by atoms with Crippen LogP contribution in [0.3, 0.4) is 0 Å². The minimum absolute atomic E-state index is 0.0386. The molecule has 5 rings (SSSR count). The molecule has 0 aliphatic rings. The lowest BCUT2D eigenvalue weighted by atomic mass is 9.99. The molecule has 6 heteroatoms. The highest BCUT2D eigenvalue weighted by atomic mass is 32.2. The van der Waals surface area contributed by atoms with Crippen molar-refractivity contribution in [1.82, 2.24) is 14.5 Å². The van der Waals surface area contributed by atoms with Crippen LogP contribution in [-0.2, 0) is 6.54 Å². The van der Waals surface area contributed by atoms with Crippen molar-refractivity contribution in [2.24, 2.45) is 0 Å². The lowest BCUT2D eigenvalue weighted by Gasteiger charge is -2.11. The van der Waals surface area contributed by atoms with Crippen molar-refractivity contribution < 1.29 is 0 Å². The number of aromatic nitrogens is 3. The van der Waals surface area contributed by atoms with Gasteiger partial charge in [-0.25, -0.2) is 9.97 Å². The SMILES string of the molecule is CCCCn1c(SC)nc2c(sc3nc(-c4ccc(C)cc4)cc(-c4ccccc4)c32)c1=O. The fourth-order valence-corrected chi connectivity index (χ4v) is 5.75. The normalized spacial score (nSPS) is 11.5. The first-order chi connectivity index (χ1) is 16.1. The molecule has 4 nitrogen and oxygen atoms in total. The average molecular weight is 472 g/mol. The summed E-state index contributed by atoms with van der Waals surface area (Å²) in [5.74, 6) is 0. The molecule has 0 radical (unpaired) electrons. The molecule has 0 atom stereocenters. The Morgan fingerprint density at radius 3 is 2.45 bits per heavy atom. The van der Waals surface area contributed by atoms with Crippen LogP contribution in [0.25, 0.3) is 42.8 Å². The van der Waals surface area contributed by atoms with Crippen LogP contribution in [0.5, 0.6) is 0 Å². The average Bonchev–Trinajstić information content (AvgIpc) is 3.22. The van der Waals surface area contributed by atoms with Gasteiger partial charge in [-0.3, -0.25) is 9.36 Å². The van der Waals surface area contributed by atoms with Crippen molar-refractivity contribution in [3.05, 3.63) is 76.6 Å². The first-order valence-electron chi connectivity index (χ1n) is 11.1. The predicted molar refractivity (Wildman–Crippen MR) is 141 cm³/mol. The predicted octanol–water partition coefficient (Wildman–Crippen LogP) is 7.17. The summed E-state index contributed by atoms with van der Waals surface area (Å²) >= 11 is 2.99. The van der Waals surface area contributed by atoms with Gasteiger partial charge >= 0.3 is 0 Å². The van der Waals surface area contributed by atoms with Gasteiger partial charge in [0.15, 0.2) is 5.16 Å². The Bertz CT molecular complexity index is 1500. The zero-order valence-electron chi connectivity index (χ0n) is 19.0. The zero-order chi connectivity index (χ0) is 22.9. The summed E-state index contributed by atoms with van der Waals surface area (Å²) in [4.78, 5) is 24.4. The van der Waals surface area contributed by atoms with Crippen LogP contribution in [0.4, 0.5) is 0 Å². The number of aryl methyl sites for hydroxylation is 1. The maximum atomic E-state index is 13.5. The van der Waals surface area contributed by atoms with E-state index < -0.39 is 0 Å². The monoisotopic (exact) mass is 471 g/mol. The molecule has 5 aromatic rings. The molecular weight excluding hydrogens is 446 g/mol. The number of thiophene rings is 1. The minimum Gasteiger partial charge on any atom is -0.286 e. The van der Waals surface area contributed by atoms with E-state index in [4.69, 9.17) is 9.97 Å². The quantitative estimate of drug-likeness (QED) is 0.194. The highest BCUT2D eigenvalue weighted by molar-refractivity contribution is 7.98. The van der Waals surface area contributed by atoms with Crippen LogP contribution in [0, 0.1) is 6.92 Å². The Labute approximate surface area is 201 Å². The van der Waals surface area contributed by atoms with Crippen LogP contribution >= 0.6 is 23.1 Å². The molecule has 0 fully saturated rings. The molecular formula is C27H25N3OS2. The third kappa shape index (κ3) is 3.98. The first kappa shape index (κ1) is 21.9. The Morgan fingerprint density at radius 1 is 1.00 bits per heavy atom. The highest BCUT2D eigenvalue weighted by Gasteiger charge is 2.20. The summed E-state index contributed by atoms with van der Waals surface area (Å²) < 4.78 is 2.51. The van der Waals surface area contributed by atoms with E-state index >= 15 is 0 Å². The Hall–Kier alpha value is -2.96. The van der Waals surface area contributed by atoms with E-state index in [1.54, 1.807) is 0 Å². The van der Waals surface area contributed by atoms with Crippen LogP contribution in [-0.4, -0.2) is 20.8 Å². The molecule has 0 aliphatic carbocycles. The number of nitrogens with zero attached hydrogens (tertiary/aromatic N) is 3. The summed E-state index contributed by atoms with van der Waals surface area (Å²) in [5, 5.41) is 1.73. The summed E-state index contributed by atoms with van der Waals surface area (Å²) in [5.41, 5.74) is 6.15. The molecule has 2 aromatic carbocycles. The summed E-state index contributed by atoms with van der Waals surface area (Å²) in [6.07, 6.45) is 3.97. The van der Waals surface area contributed by atoms with Crippen molar-refractivity contribution in [2.45, 2.75) is 38.4 Å². The molecule has 0 saturated heterocycles. The lowest BCUT2D eigenvalue weighted by Crippen LogP contribution is -2.22. The molecule has 0 bridgehead atoms. The number of pyridine rings is 1. The van der Waals surface area contributed by atoms with Crippen LogP contribution in [0.1, 0.15) is 25.3 Å². The standard InChI is InChI=1S/C27H25N3OS2/c1-4-5-15-30-26(31)24-23(29-27(30)32-3)22-20(18-9-7-6-8-10-18)16-21(28-25(22)33-24)19-13-11-17(2)12-14-19/h6-14,16H,4-5,15H2,1-3H3. The number of benzene rings is 2. The molecule has 0 N–H and O–H groups in total. The van der Waals surface area contributed by atoms with E-state index in [9.17, 15) is 4.79 Å². The highest BCUT2D eigenvalue weighted by Crippen LogP contribution is 2.39. The number of hydrogen-bond acceptors (Lipinski definition) is 5. The van der Waals surface area contributed by atoms with E-state index in [1.807, 2.05) is 29.0 Å². The van der Waals surface area contributed by atoms with E-state index in [-0.39, 0.29) is 5.56 Å². The fourth-order valence-electron chi connectivity index (χ4n) is 4.09. The molecule has 0 amide bonds. The second-order valence-corrected chi connectivity index (χ2v) is 9.93. The summed E-state index contributed by atoms with van der Waals surface area (Å²) in [6, 6.07) is 20.9. The lowest BCUT2D eigenvalue weighted by molar-refractivity contribution is 0.559. The number of hydrogen-bond donors (Lipinski definition) is 0. The Kier molecular flexibility index (Phi) is 6.04. The van der Waals surface area contributed by atoms with Crippen LogP contribution in [0.15, 0.2) is 70.6 Å². The molecule has 3 heterocycles. The van der Waals surface area contributed by atoms with Gasteiger partial charge in [-0.05, 0) is 36.8 Å². The smallest absolute Gasteiger partial charge is 0.272 e. The van der Waals surface area contributed by atoms with Gasteiger partial charge in [0, 0.05) is 17.5 Å². The topological polar surface area (TPSA) is 47.8 Å². The third-order valence-electron chi connectivity index (χ3n) is 5.86. The maximum Gasteiger partial charge on any atom is 0.272 e. The Balaban J connectivity index is 1.85. The van der Waals surface area contributed by atoms with Crippen LogP contribution in [0.2, 0.25) is 0 Å². The van der Waals surface area contributed by atoms with Gasteiger partial charge in [-0.2, -0.15) is 0 Å². The fraction of sp³-hybridized carbons (Fsp3) is 0.222. The van der Waals surface area contributed by atoms with Crippen molar-refractivity contribution in [3.63, 3.8) is 0 Å². The first-order valence-corrected chi connectivity index (χ1v) is 13.2. The van der Waals surface area contributed by atoms with E-state index in [0.29, 0.717) is 11.2 Å². The summed E-state index contributed by atoms with van der Waals surface area (Å²) in [6.45, 7) is 4.91. The van der Waals surface area contributed by atoms with Crippen molar-refractivity contribution in [2.75, 3.05) is 6.26 Å². The second kappa shape index (κ2) is 9.12. The van der Waals surface area contributed by atoms with Crippen LogP contribution < -0.4 is 5.56 Å². The number of fused-ring (bicyclic) bond motifs is 3. The molecule has 0 spiro atoms. The number of rotatable bonds is 6. The molecule has 166 valence electrons. The van der Waals surface area contributed by atoms with Gasteiger partial charge in [0.25, 0.3) is 5.56 Å². The number of unbranched alkanes of at least 4 members (excludes halogenated alkanes) is 1. The largest absolute Gasteiger partial charge is 0.286 e. The maximum absolute atomic E-state index is 13.5. The Morgan fingerprint density at radius 2 is 1.76 bits per heavy atom. The minimum atomic E-state index is 0.0386. The van der Waals surface area contributed by atoms with Gasteiger partial charge in [0.2, 0.25) is 0 Å². The molecule has 0 aliphatic heterocycles. The van der Waals surface area contributed by atoms with Crippen molar-refractivity contribution in [1.29, 1.82) is 0 Å². The van der Waals surface area contributed by atoms with E-state index in [2.05, 4.69) is 56.3 Å². The van der Waals surface area contributed by atoms with Gasteiger partial charge in [0.05, 0.1) is 11.2 Å². The number of thioether (sulfide) groups is 1. The van der Waals surface area contributed by atoms with Gasteiger partial charge < -0.3 is 0 Å². The van der Waals surface area contributed by atoms with Gasteiger partial charge in [-0.15, -0.1) is 11.3 Å². The summed E-state index contributed by atoms with van der Waals surface area (Å²) in [7, 11) is 0. The zero-order valence-corrected chi connectivity index (χ0v) is 20.6.